The smallest absolute Gasteiger partial charge is 0.242 e. The van der Waals surface area contributed by atoms with Crippen LogP contribution < -0.4 is 4.90 Å². The topological polar surface area (TPSA) is 63.6 Å². The first-order valence-corrected chi connectivity index (χ1v) is 9.39. The number of fused-ring (bicyclic) bond motifs is 3. The van der Waals surface area contributed by atoms with Gasteiger partial charge in [0.2, 0.25) is 5.78 Å². The Labute approximate surface area is 140 Å². The Balaban J connectivity index is 2.11. The quantitative estimate of drug-likeness (QED) is 0.591. The Kier molecular flexibility index (Phi) is 5.00. The highest BCUT2D eigenvalue weighted by molar-refractivity contribution is 7.98. The molecule has 0 unspecified atom stereocenters. The van der Waals surface area contributed by atoms with Gasteiger partial charge in [-0.05, 0) is 19.1 Å². The maximum Gasteiger partial charge on any atom is 0.242 e. The van der Waals surface area contributed by atoms with E-state index in [4.69, 9.17) is 0 Å². The molecule has 3 rings (SSSR count). The second kappa shape index (κ2) is 7.16. The third kappa shape index (κ3) is 2.99. The summed E-state index contributed by atoms with van der Waals surface area (Å²) in [6.45, 7) is 6.47. The van der Waals surface area contributed by atoms with E-state index in [1.54, 1.807) is 18.1 Å². The van der Waals surface area contributed by atoms with Crippen LogP contribution in [0.25, 0.3) is 11.4 Å². The van der Waals surface area contributed by atoms with E-state index in [0.29, 0.717) is 0 Å². The summed E-state index contributed by atoms with van der Waals surface area (Å²) >= 11 is 1.56. The first-order valence-electron chi connectivity index (χ1n) is 8.17. The molecule has 0 N–H and O–H groups in total. The Morgan fingerprint density at radius 3 is 2.52 bits per heavy atom. The zero-order valence-electron chi connectivity index (χ0n) is 13.9. The van der Waals surface area contributed by atoms with E-state index in [1.165, 1.54) is 12.8 Å². The van der Waals surface area contributed by atoms with Crippen molar-refractivity contribution in [2.75, 3.05) is 24.2 Å². The van der Waals surface area contributed by atoms with Crippen molar-refractivity contribution >= 4 is 29.0 Å². The highest BCUT2D eigenvalue weighted by atomic mass is 32.2. The Hall–Kier alpha value is -1.83. The Morgan fingerprint density at radius 1 is 1.13 bits per heavy atom. The summed E-state index contributed by atoms with van der Waals surface area (Å²) in [6, 6.07) is 2.07. The molecule has 0 bridgehead atoms. The minimum absolute atomic E-state index is 0.768. The highest BCUT2D eigenvalue weighted by Crippen LogP contribution is 2.23. The van der Waals surface area contributed by atoms with Crippen molar-refractivity contribution in [3.05, 3.63) is 12.4 Å². The van der Waals surface area contributed by atoms with E-state index in [-0.39, 0.29) is 0 Å². The van der Waals surface area contributed by atoms with Crippen LogP contribution in [0.15, 0.2) is 17.6 Å². The molecule has 8 heteroatoms. The Bertz CT molecular complexity index is 771. The first-order chi connectivity index (χ1) is 11.3. The lowest BCUT2D eigenvalue weighted by Gasteiger charge is -2.25. The fraction of sp³-hybridized carbons (Fsp3) is 0.600. The number of nitrogens with zero attached hydrogens (tertiary/aromatic N) is 7. The summed E-state index contributed by atoms with van der Waals surface area (Å²) in [5, 5.41) is 13.8. The summed E-state index contributed by atoms with van der Waals surface area (Å²) in [5.74, 6) is 1.82. The van der Waals surface area contributed by atoms with Gasteiger partial charge >= 0.3 is 0 Å². The maximum absolute atomic E-state index is 4.44. The fourth-order valence-electron chi connectivity index (χ4n) is 2.69. The molecule has 3 heterocycles. The summed E-state index contributed by atoms with van der Waals surface area (Å²) in [4.78, 5) is 6.82. The molecule has 0 saturated carbocycles. The van der Waals surface area contributed by atoms with Crippen LogP contribution >= 0.6 is 11.8 Å². The molecule has 3 aromatic rings. The lowest BCUT2D eigenvalue weighted by molar-refractivity contribution is 0.660. The molecule has 0 aliphatic heterocycles. The highest BCUT2D eigenvalue weighted by Gasteiger charge is 2.17. The Morgan fingerprint density at radius 2 is 1.87 bits per heavy atom. The molecular formula is C15H23N7S. The average Bonchev–Trinajstić information content (AvgIpc) is 3.20. The van der Waals surface area contributed by atoms with Crippen LogP contribution in [0, 0.1) is 0 Å². The van der Waals surface area contributed by atoms with Gasteiger partial charge in [-0.15, -0.1) is 10.2 Å². The number of hydrogen-bond donors (Lipinski definition) is 0. The molecule has 124 valence electrons. The summed E-state index contributed by atoms with van der Waals surface area (Å²) in [5.41, 5.74) is 0.822. The lowest BCUT2D eigenvalue weighted by atomic mass is 10.2. The van der Waals surface area contributed by atoms with E-state index in [1.807, 2.05) is 15.2 Å². The number of rotatable bonds is 8. The molecule has 0 radical (unpaired) electrons. The predicted octanol–water partition coefficient (Wildman–Crippen LogP) is 2.90. The molecule has 23 heavy (non-hydrogen) atoms. The van der Waals surface area contributed by atoms with Crippen molar-refractivity contribution in [3.63, 3.8) is 0 Å². The zero-order chi connectivity index (χ0) is 16.2. The minimum Gasteiger partial charge on any atom is -0.356 e. The number of anilines is 1. The van der Waals surface area contributed by atoms with Crippen molar-refractivity contribution in [2.24, 2.45) is 0 Å². The number of aromatic nitrogens is 6. The lowest BCUT2D eigenvalue weighted by Crippen LogP contribution is -2.28. The molecular weight excluding hydrogens is 310 g/mol. The van der Waals surface area contributed by atoms with Gasteiger partial charge in [-0.3, -0.25) is 0 Å². The molecule has 7 nitrogen and oxygen atoms in total. The van der Waals surface area contributed by atoms with Gasteiger partial charge in [0, 0.05) is 19.2 Å². The standard InChI is InChI=1S/C15H23N7S/c1-4-6-8-20(9-7-5-2)13-10-12-18-19-15(23-3)21(12)14-16-11-17-22(13)14/h10-11H,4-9H2,1-3H3. The third-order valence-corrected chi connectivity index (χ3v) is 4.56. The van der Waals surface area contributed by atoms with Gasteiger partial charge in [0.15, 0.2) is 10.8 Å². The van der Waals surface area contributed by atoms with E-state index in [0.717, 1.165) is 48.3 Å². The number of hydrogen-bond acceptors (Lipinski definition) is 6. The molecule has 0 saturated heterocycles. The molecule has 0 aromatic carbocycles. The van der Waals surface area contributed by atoms with Crippen LogP contribution in [-0.2, 0) is 0 Å². The SMILES string of the molecule is CCCCN(CCCC)c1cc2nnc(SC)n2c2ncnn12. The van der Waals surface area contributed by atoms with Gasteiger partial charge in [0.05, 0.1) is 0 Å². The van der Waals surface area contributed by atoms with Crippen molar-refractivity contribution in [1.82, 2.24) is 29.2 Å². The van der Waals surface area contributed by atoms with Gasteiger partial charge in [-0.1, -0.05) is 38.5 Å². The fourth-order valence-corrected chi connectivity index (χ4v) is 3.17. The van der Waals surface area contributed by atoms with Crippen molar-refractivity contribution in [3.8, 4) is 0 Å². The van der Waals surface area contributed by atoms with Gasteiger partial charge in [0.1, 0.15) is 12.1 Å². The van der Waals surface area contributed by atoms with Crippen LogP contribution in [0.1, 0.15) is 39.5 Å². The molecule has 0 amide bonds. The summed E-state index contributed by atoms with van der Waals surface area (Å²) in [7, 11) is 0. The van der Waals surface area contributed by atoms with E-state index >= 15 is 0 Å². The summed E-state index contributed by atoms with van der Waals surface area (Å²) in [6.07, 6.45) is 8.26. The number of thioether (sulfide) groups is 1. The number of unbranched alkanes of at least 4 members (excludes halogenated alkanes) is 2. The molecule has 0 aliphatic carbocycles. The van der Waals surface area contributed by atoms with Crippen LogP contribution in [-0.4, -0.2) is 48.5 Å². The van der Waals surface area contributed by atoms with Crippen LogP contribution in [0.4, 0.5) is 5.82 Å². The molecule has 0 atom stereocenters. The minimum atomic E-state index is 0.768. The van der Waals surface area contributed by atoms with E-state index < -0.39 is 0 Å². The van der Waals surface area contributed by atoms with E-state index in [9.17, 15) is 0 Å². The molecule has 0 spiro atoms. The van der Waals surface area contributed by atoms with E-state index in [2.05, 4.69) is 45.1 Å². The summed E-state index contributed by atoms with van der Waals surface area (Å²) < 4.78 is 3.86. The predicted molar refractivity (Wildman–Crippen MR) is 93.3 cm³/mol. The van der Waals surface area contributed by atoms with Gasteiger partial charge in [-0.2, -0.15) is 14.6 Å². The zero-order valence-corrected chi connectivity index (χ0v) is 14.8. The average molecular weight is 333 g/mol. The monoisotopic (exact) mass is 333 g/mol. The van der Waals surface area contributed by atoms with Crippen LogP contribution in [0.3, 0.4) is 0 Å². The second-order valence-corrected chi connectivity index (χ2v) is 6.32. The van der Waals surface area contributed by atoms with Crippen molar-refractivity contribution in [1.29, 1.82) is 0 Å². The largest absolute Gasteiger partial charge is 0.356 e. The molecule has 0 aliphatic rings. The van der Waals surface area contributed by atoms with Crippen LogP contribution in [0.2, 0.25) is 0 Å². The van der Waals surface area contributed by atoms with Crippen LogP contribution in [0.5, 0.6) is 0 Å². The second-order valence-electron chi connectivity index (χ2n) is 5.55. The van der Waals surface area contributed by atoms with Gasteiger partial charge < -0.3 is 4.90 Å². The first kappa shape index (κ1) is 16.0. The third-order valence-electron chi connectivity index (χ3n) is 3.93. The van der Waals surface area contributed by atoms with Crippen molar-refractivity contribution in [2.45, 2.75) is 44.7 Å². The normalized spacial score (nSPS) is 11.6. The molecule has 0 fully saturated rings. The maximum atomic E-state index is 4.44. The molecule has 3 aromatic heterocycles. The van der Waals surface area contributed by atoms with Gasteiger partial charge in [-0.25, -0.2) is 4.40 Å². The van der Waals surface area contributed by atoms with Crippen molar-refractivity contribution < 1.29 is 0 Å². The van der Waals surface area contributed by atoms with Gasteiger partial charge in [0.25, 0.3) is 0 Å².